The number of carboxylic acid groups (broad SMARTS) is 1. The first-order valence-electron chi connectivity index (χ1n) is 10.5. The minimum atomic E-state index is -1.00. The molecule has 32 heavy (non-hydrogen) atoms. The zero-order chi connectivity index (χ0) is 22.9. The van der Waals surface area contributed by atoms with Gasteiger partial charge in [-0.3, -0.25) is 9.80 Å². The number of hydrogen-bond acceptors (Lipinski definition) is 5. The van der Waals surface area contributed by atoms with Crippen molar-refractivity contribution in [2.75, 3.05) is 31.1 Å². The molecule has 0 saturated carbocycles. The highest BCUT2D eigenvalue weighted by Crippen LogP contribution is 2.37. The van der Waals surface area contributed by atoms with Crippen LogP contribution >= 0.6 is 23.2 Å². The van der Waals surface area contributed by atoms with Gasteiger partial charge in [0.25, 0.3) is 0 Å². The second-order valence-electron chi connectivity index (χ2n) is 8.09. The number of carbonyl (C=O) groups is 2. The molecule has 2 aliphatic rings. The average Bonchev–Trinajstić information content (AvgIpc) is 3.09. The van der Waals surface area contributed by atoms with Gasteiger partial charge in [0.15, 0.2) is 0 Å². The standard InChI is InChI=1S/C23H24Cl2N2O5/c1-2-31-19-12-15(11-18(24)20(19)25)13-26-9-7-23(8-10-26)14-27(22(30)32-23)17-5-3-16(4-6-17)21(28)29/h3-6,11-12H,2,7-10,13-14H2,1H3,(H,28,29). The van der Waals surface area contributed by atoms with Gasteiger partial charge in [-0.05, 0) is 48.9 Å². The van der Waals surface area contributed by atoms with E-state index in [-0.39, 0.29) is 5.56 Å². The first-order chi connectivity index (χ1) is 15.3. The Balaban J connectivity index is 1.39. The molecule has 4 rings (SSSR count). The molecule has 2 saturated heterocycles. The molecule has 1 N–H and O–H groups in total. The van der Waals surface area contributed by atoms with Crippen molar-refractivity contribution in [2.45, 2.75) is 31.9 Å². The number of hydrogen-bond donors (Lipinski definition) is 1. The van der Waals surface area contributed by atoms with E-state index < -0.39 is 17.7 Å². The molecule has 0 unspecified atom stereocenters. The molecule has 2 aromatic carbocycles. The van der Waals surface area contributed by atoms with Crippen molar-refractivity contribution in [3.05, 3.63) is 57.6 Å². The first kappa shape index (κ1) is 22.7. The van der Waals surface area contributed by atoms with Crippen LogP contribution in [0.1, 0.15) is 35.7 Å². The van der Waals surface area contributed by atoms with Crippen LogP contribution in [0.15, 0.2) is 36.4 Å². The van der Waals surface area contributed by atoms with E-state index in [1.54, 1.807) is 17.0 Å². The second kappa shape index (κ2) is 9.17. The number of carbonyl (C=O) groups excluding carboxylic acids is 1. The van der Waals surface area contributed by atoms with Gasteiger partial charge in [0, 0.05) is 38.2 Å². The Morgan fingerprint density at radius 1 is 1.19 bits per heavy atom. The van der Waals surface area contributed by atoms with Gasteiger partial charge in [-0.1, -0.05) is 23.2 Å². The number of piperidine rings is 1. The Morgan fingerprint density at radius 2 is 1.88 bits per heavy atom. The largest absolute Gasteiger partial charge is 0.492 e. The molecule has 7 nitrogen and oxygen atoms in total. The Morgan fingerprint density at radius 3 is 2.50 bits per heavy atom. The maximum atomic E-state index is 12.5. The minimum absolute atomic E-state index is 0.180. The third-order valence-corrected chi connectivity index (χ3v) is 6.71. The third kappa shape index (κ3) is 4.65. The van der Waals surface area contributed by atoms with Gasteiger partial charge in [-0.25, -0.2) is 9.59 Å². The lowest BCUT2D eigenvalue weighted by Gasteiger charge is -2.37. The Hall–Kier alpha value is -2.48. The van der Waals surface area contributed by atoms with E-state index in [0.717, 1.165) is 18.7 Å². The van der Waals surface area contributed by atoms with Crippen molar-refractivity contribution in [1.82, 2.24) is 4.90 Å². The number of nitrogens with zero attached hydrogens (tertiary/aromatic N) is 2. The van der Waals surface area contributed by atoms with Crippen LogP contribution in [0.5, 0.6) is 5.75 Å². The number of halogens is 2. The minimum Gasteiger partial charge on any atom is -0.492 e. The number of amides is 1. The van der Waals surface area contributed by atoms with Gasteiger partial charge in [0.1, 0.15) is 16.4 Å². The molecule has 2 aliphatic heterocycles. The van der Waals surface area contributed by atoms with Gasteiger partial charge in [-0.2, -0.15) is 0 Å². The summed E-state index contributed by atoms with van der Waals surface area (Å²) in [6.07, 6.45) is 1.02. The lowest BCUT2D eigenvalue weighted by molar-refractivity contribution is -0.000995. The van der Waals surface area contributed by atoms with Crippen LogP contribution in [0, 0.1) is 0 Å². The molecule has 2 aromatic rings. The summed E-state index contributed by atoms with van der Waals surface area (Å²) < 4.78 is 11.4. The van der Waals surface area contributed by atoms with E-state index in [2.05, 4.69) is 4.90 Å². The van der Waals surface area contributed by atoms with Crippen LogP contribution < -0.4 is 9.64 Å². The van der Waals surface area contributed by atoms with Crippen LogP contribution in [0.25, 0.3) is 0 Å². The highest BCUT2D eigenvalue weighted by Gasteiger charge is 2.47. The van der Waals surface area contributed by atoms with Gasteiger partial charge in [0.05, 0.1) is 23.7 Å². The van der Waals surface area contributed by atoms with Crippen molar-refractivity contribution in [2.24, 2.45) is 0 Å². The molecule has 9 heteroatoms. The quantitative estimate of drug-likeness (QED) is 0.623. The summed E-state index contributed by atoms with van der Waals surface area (Å²) in [5.41, 5.74) is 1.30. The highest BCUT2D eigenvalue weighted by atomic mass is 35.5. The van der Waals surface area contributed by atoms with Crippen molar-refractivity contribution < 1.29 is 24.2 Å². The Kier molecular flexibility index (Phi) is 6.51. The van der Waals surface area contributed by atoms with E-state index in [0.29, 0.717) is 54.0 Å². The molecule has 0 aromatic heterocycles. The van der Waals surface area contributed by atoms with Crippen LogP contribution in [-0.4, -0.2) is 53.9 Å². The number of likely N-dealkylation sites (tertiary alicyclic amines) is 1. The lowest BCUT2D eigenvalue weighted by Crippen LogP contribution is -2.46. The normalized spacial score (nSPS) is 18.1. The van der Waals surface area contributed by atoms with Crippen molar-refractivity contribution >= 4 is 41.0 Å². The number of aromatic carboxylic acids is 1. The average molecular weight is 479 g/mol. The summed E-state index contributed by atoms with van der Waals surface area (Å²) in [6, 6.07) is 10.0. The molecule has 0 aliphatic carbocycles. The van der Waals surface area contributed by atoms with E-state index in [1.807, 2.05) is 19.1 Å². The Labute approximate surface area is 196 Å². The molecular weight excluding hydrogens is 455 g/mol. The van der Waals surface area contributed by atoms with Crippen LogP contribution in [0.2, 0.25) is 10.0 Å². The summed E-state index contributed by atoms with van der Waals surface area (Å²) in [6.45, 7) is 5.08. The van der Waals surface area contributed by atoms with Gasteiger partial charge in [0.2, 0.25) is 0 Å². The predicted octanol–water partition coefficient (Wildman–Crippen LogP) is 5.08. The Bertz CT molecular complexity index is 1020. The molecule has 0 atom stereocenters. The number of rotatable bonds is 6. The third-order valence-electron chi connectivity index (χ3n) is 5.92. The topological polar surface area (TPSA) is 79.3 Å². The van der Waals surface area contributed by atoms with Crippen LogP contribution in [0.3, 0.4) is 0 Å². The fourth-order valence-electron chi connectivity index (χ4n) is 4.21. The summed E-state index contributed by atoms with van der Waals surface area (Å²) in [4.78, 5) is 27.5. The molecule has 1 amide bonds. The van der Waals surface area contributed by atoms with Crippen molar-refractivity contribution in [1.29, 1.82) is 0 Å². The van der Waals surface area contributed by atoms with Crippen molar-refractivity contribution in [3.63, 3.8) is 0 Å². The number of anilines is 1. The summed E-state index contributed by atoms with van der Waals surface area (Å²) in [5, 5.41) is 9.95. The zero-order valence-electron chi connectivity index (χ0n) is 17.6. The maximum absolute atomic E-state index is 12.5. The fourth-order valence-corrected chi connectivity index (χ4v) is 4.61. The summed E-state index contributed by atoms with van der Waals surface area (Å²) in [5.74, 6) is -0.417. The summed E-state index contributed by atoms with van der Waals surface area (Å²) >= 11 is 12.5. The monoisotopic (exact) mass is 478 g/mol. The number of carboxylic acids is 1. The predicted molar refractivity (Wildman–Crippen MR) is 122 cm³/mol. The number of ether oxygens (including phenoxy) is 2. The lowest BCUT2D eigenvalue weighted by atomic mass is 9.91. The van der Waals surface area contributed by atoms with Gasteiger partial charge < -0.3 is 14.6 Å². The molecular formula is C23H24Cl2N2O5. The molecule has 0 bridgehead atoms. The maximum Gasteiger partial charge on any atom is 0.415 e. The van der Waals surface area contributed by atoms with Crippen LogP contribution in [0.4, 0.5) is 10.5 Å². The van der Waals surface area contributed by atoms with E-state index in [1.165, 1.54) is 12.1 Å². The van der Waals surface area contributed by atoms with Gasteiger partial charge in [-0.15, -0.1) is 0 Å². The molecule has 2 fully saturated rings. The highest BCUT2D eigenvalue weighted by molar-refractivity contribution is 6.43. The fraction of sp³-hybridized carbons (Fsp3) is 0.391. The van der Waals surface area contributed by atoms with Gasteiger partial charge >= 0.3 is 12.1 Å². The molecule has 0 radical (unpaired) electrons. The smallest absolute Gasteiger partial charge is 0.415 e. The number of benzene rings is 2. The van der Waals surface area contributed by atoms with E-state index >= 15 is 0 Å². The molecule has 170 valence electrons. The zero-order valence-corrected chi connectivity index (χ0v) is 19.2. The SMILES string of the molecule is CCOc1cc(CN2CCC3(CC2)CN(c2ccc(C(=O)O)cc2)C(=O)O3)cc(Cl)c1Cl. The van der Waals surface area contributed by atoms with Crippen LogP contribution in [-0.2, 0) is 11.3 Å². The summed E-state index contributed by atoms with van der Waals surface area (Å²) in [7, 11) is 0. The van der Waals surface area contributed by atoms with E-state index in [4.69, 9.17) is 37.8 Å². The first-order valence-corrected chi connectivity index (χ1v) is 11.2. The molecule has 1 spiro atoms. The second-order valence-corrected chi connectivity index (χ2v) is 8.87. The van der Waals surface area contributed by atoms with Crippen molar-refractivity contribution in [3.8, 4) is 5.75 Å². The molecule has 2 heterocycles. The van der Waals surface area contributed by atoms with E-state index in [9.17, 15) is 9.59 Å².